The molecule has 2 aromatic rings. The fourth-order valence-corrected chi connectivity index (χ4v) is 4.54. The highest BCUT2D eigenvalue weighted by Gasteiger charge is 2.20. The van der Waals surface area contributed by atoms with E-state index in [2.05, 4.69) is 0 Å². The summed E-state index contributed by atoms with van der Waals surface area (Å²) in [4.78, 5) is 23.7. The zero-order valence-electron chi connectivity index (χ0n) is 19.8. The van der Waals surface area contributed by atoms with Crippen LogP contribution < -0.4 is 4.74 Å². The van der Waals surface area contributed by atoms with Crippen molar-refractivity contribution >= 4 is 23.5 Å². The summed E-state index contributed by atoms with van der Waals surface area (Å²) in [5, 5.41) is 29.7. The zero-order chi connectivity index (χ0) is 24.5. The van der Waals surface area contributed by atoms with E-state index in [-0.39, 0.29) is 23.9 Å². The van der Waals surface area contributed by atoms with Gasteiger partial charge in [-0.3, -0.25) is 9.59 Å². The first-order valence-corrected chi connectivity index (χ1v) is 12.3. The number of ketones is 1. The van der Waals surface area contributed by atoms with Gasteiger partial charge in [-0.2, -0.15) is 0 Å². The molecule has 3 N–H and O–H groups in total. The van der Waals surface area contributed by atoms with E-state index in [1.165, 1.54) is 6.92 Å². The number of aryl methyl sites for hydroxylation is 1. The molecular formula is C26H34O6S. The number of carboxylic acids is 1. The van der Waals surface area contributed by atoms with E-state index in [1.54, 1.807) is 24.8 Å². The molecule has 0 aliphatic heterocycles. The Morgan fingerprint density at radius 1 is 1.18 bits per heavy atom. The van der Waals surface area contributed by atoms with Gasteiger partial charge >= 0.3 is 5.97 Å². The number of Topliss-reactive ketones (excluding diaryl/α,β-unsaturated/α-hetero) is 1. The van der Waals surface area contributed by atoms with Crippen LogP contribution in [0.15, 0.2) is 35.2 Å². The van der Waals surface area contributed by atoms with Crippen LogP contribution in [0, 0.1) is 12.8 Å². The van der Waals surface area contributed by atoms with Crippen LogP contribution in [0.4, 0.5) is 0 Å². The molecule has 0 aliphatic rings. The molecule has 0 heterocycles. The standard InChI is InChI=1S/C26H34O6S/c1-5-7-21-25(31)22(18(4)27)14-17(3)26(21)32-12-6-13-33-20-10-8-19(9-11-20)24(30)16(2)15-23(28)29/h8-11,14,16,24,30-31H,5-7,12-13,15H2,1-4H3,(H,28,29). The number of hydrogen-bond donors (Lipinski definition) is 3. The molecule has 0 amide bonds. The Hall–Kier alpha value is -2.51. The molecule has 0 saturated heterocycles. The first-order chi connectivity index (χ1) is 15.6. The molecular weight excluding hydrogens is 440 g/mol. The topological polar surface area (TPSA) is 104 Å². The van der Waals surface area contributed by atoms with Crippen molar-refractivity contribution in [3.8, 4) is 11.5 Å². The van der Waals surface area contributed by atoms with Gasteiger partial charge in [0.05, 0.1) is 24.7 Å². The van der Waals surface area contributed by atoms with Crippen molar-refractivity contribution in [1.82, 2.24) is 0 Å². The fourth-order valence-electron chi connectivity index (χ4n) is 3.71. The zero-order valence-corrected chi connectivity index (χ0v) is 20.6. The lowest BCUT2D eigenvalue weighted by Gasteiger charge is -2.18. The summed E-state index contributed by atoms with van der Waals surface area (Å²) in [5.74, 6) is 0.0844. The normalized spacial score (nSPS) is 12.9. The Labute approximate surface area is 200 Å². The number of aliphatic carboxylic acids is 1. The third-order valence-electron chi connectivity index (χ3n) is 5.47. The van der Waals surface area contributed by atoms with Gasteiger partial charge in [0.15, 0.2) is 5.78 Å². The van der Waals surface area contributed by atoms with E-state index in [0.717, 1.165) is 29.1 Å². The number of phenolic OH excluding ortho intramolecular Hbond substituents is 1. The smallest absolute Gasteiger partial charge is 0.303 e. The Morgan fingerprint density at radius 2 is 1.85 bits per heavy atom. The Morgan fingerprint density at radius 3 is 2.42 bits per heavy atom. The lowest BCUT2D eigenvalue weighted by Crippen LogP contribution is -2.13. The summed E-state index contributed by atoms with van der Waals surface area (Å²) in [6, 6.07) is 9.22. The maximum absolute atomic E-state index is 11.8. The third-order valence-corrected chi connectivity index (χ3v) is 6.57. The highest BCUT2D eigenvalue weighted by atomic mass is 32.2. The molecule has 0 aromatic heterocycles. The second-order valence-electron chi connectivity index (χ2n) is 8.34. The number of carbonyl (C=O) groups excluding carboxylic acids is 1. The van der Waals surface area contributed by atoms with Crippen LogP contribution in [0.1, 0.15) is 73.2 Å². The minimum absolute atomic E-state index is 0.0271. The number of aliphatic hydroxyl groups excluding tert-OH is 1. The summed E-state index contributed by atoms with van der Waals surface area (Å²) >= 11 is 1.67. The minimum atomic E-state index is -0.919. The van der Waals surface area contributed by atoms with Gasteiger partial charge in [0.1, 0.15) is 11.5 Å². The first-order valence-electron chi connectivity index (χ1n) is 11.3. The van der Waals surface area contributed by atoms with Crippen LogP contribution in [0.2, 0.25) is 0 Å². The molecule has 2 rings (SSSR count). The van der Waals surface area contributed by atoms with Gasteiger partial charge in [-0.1, -0.05) is 32.4 Å². The Balaban J connectivity index is 1.90. The minimum Gasteiger partial charge on any atom is -0.507 e. The number of carboxylic acid groups (broad SMARTS) is 1. The molecule has 33 heavy (non-hydrogen) atoms. The largest absolute Gasteiger partial charge is 0.507 e. The van der Waals surface area contributed by atoms with Crippen LogP contribution >= 0.6 is 11.8 Å². The number of rotatable bonds is 13. The summed E-state index contributed by atoms with van der Waals surface area (Å²) in [7, 11) is 0. The lowest BCUT2D eigenvalue weighted by molar-refractivity contribution is -0.139. The maximum atomic E-state index is 11.8. The monoisotopic (exact) mass is 474 g/mol. The van der Waals surface area contributed by atoms with Crippen LogP contribution in [-0.4, -0.2) is 39.4 Å². The average Bonchev–Trinajstić information content (AvgIpc) is 2.76. The number of thioether (sulfide) groups is 1. The van der Waals surface area contributed by atoms with Crippen molar-refractivity contribution in [3.63, 3.8) is 0 Å². The molecule has 2 unspecified atom stereocenters. The Kier molecular flexibility index (Phi) is 10.3. The maximum Gasteiger partial charge on any atom is 0.303 e. The number of aromatic hydroxyl groups is 1. The first kappa shape index (κ1) is 26.7. The van der Waals surface area contributed by atoms with Gasteiger partial charge in [-0.25, -0.2) is 0 Å². The van der Waals surface area contributed by atoms with E-state index in [0.29, 0.717) is 35.5 Å². The van der Waals surface area contributed by atoms with Crippen LogP contribution in [-0.2, 0) is 11.2 Å². The molecule has 0 aliphatic carbocycles. The summed E-state index contributed by atoms with van der Waals surface area (Å²) in [6.45, 7) is 7.58. The van der Waals surface area contributed by atoms with Gasteiger partial charge in [-0.05, 0) is 61.9 Å². The molecule has 0 fully saturated rings. The predicted molar refractivity (Wildman–Crippen MR) is 130 cm³/mol. The second kappa shape index (κ2) is 12.7. The molecule has 2 aromatic carbocycles. The predicted octanol–water partition coefficient (Wildman–Crippen LogP) is 5.56. The van der Waals surface area contributed by atoms with Crippen molar-refractivity contribution < 1.29 is 29.6 Å². The van der Waals surface area contributed by atoms with E-state index in [1.807, 2.05) is 38.1 Å². The van der Waals surface area contributed by atoms with Crippen molar-refractivity contribution in [2.24, 2.45) is 5.92 Å². The van der Waals surface area contributed by atoms with Crippen molar-refractivity contribution in [3.05, 3.63) is 52.6 Å². The molecule has 7 heteroatoms. The van der Waals surface area contributed by atoms with Gasteiger partial charge in [-0.15, -0.1) is 11.8 Å². The SMILES string of the molecule is CCCc1c(O)c(C(C)=O)cc(C)c1OCCCSc1ccc(C(O)C(C)CC(=O)O)cc1. The van der Waals surface area contributed by atoms with Crippen molar-refractivity contribution in [1.29, 1.82) is 0 Å². The van der Waals surface area contributed by atoms with E-state index >= 15 is 0 Å². The van der Waals surface area contributed by atoms with E-state index in [4.69, 9.17) is 9.84 Å². The molecule has 6 nitrogen and oxygen atoms in total. The second-order valence-corrected chi connectivity index (χ2v) is 9.51. The highest BCUT2D eigenvalue weighted by Crippen LogP contribution is 2.36. The molecule has 0 saturated carbocycles. The number of phenols is 1. The average molecular weight is 475 g/mol. The van der Waals surface area contributed by atoms with Gasteiger partial charge in [0.25, 0.3) is 0 Å². The van der Waals surface area contributed by atoms with Crippen LogP contribution in [0.5, 0.6) is 11.5 Å². The van der Waals surface area contributed by atoms with Crippen molar-refractivity contribution in [2.45, 2.75) is 64.4 Å². The molecule has 0 spiro atoms. The van der Waals surface area contributed by atoms with Gasteiger partial charge < -0.3 is 20.1 Å². The lowest BCUT2D eigenvalue weighted by atomic mass is 9.95. The summed E-state index contributed by atoms with van der Waals surface area (Å²) < 4.78 is 6.02. The number of aliphatic hydroxyl groups is 1. The molecule has 2 atom stereocenters. The van der Waals surface area contributed by atoms with Crippen LogP contribution in [0.3, 0.4) is 0 Å². The van der Waals surface area contributed by atoms with E-state index < -0.39 is 12.1 Å². The van der Waals surface area contributed by atoms with Gasteiger partial charge in [0, 0.05) is 16.2 Å². The summed E-state index contributed by atoms with van der Waals surface area (Å²) in [6.07, 6.45) is 1.39. The van der Waals surface area contributed by atoms with Crippen molar-refractivity contribution in [2.75, 3.05) is 12.4 Å². The fraction of sp³-hybridized carbons (Fsp3) is 0.462. The Bertz CT molecular complexity index is 954. The highest BCUT2D eigenvalue weighted by molar-refractivity contribution is 7.99. The summed E-state index contributed by atoms with van der Waals surface area (Å²) in [5.41, 5.74) is 2.59. The molecule has 0 bridgehead atoms. The number of benzene rings is 2. The quantitative estimate of drug-likeness (QED) is 0.198. The number of hydrogen-bond acceptors (Lipinski definition) is 6. The van der Waals surface area contributed by atoms with E-state index in [9.17, 15) is 19.8 Å². The number of ether oxygens (including phenoxy) is 1. The molecule has 0 radical (unpaired) electrons. The molecule has 180 valence electrons. The third kappa shape index (κ3) is 7.51. The van der Waals surface area contributed by atoms with Crippen LogP contribution in [0.25, 0.3) is 0 Å². The van der Waals surface area contributed by atoms with Gasteiger partial charge in [0.2, 0.25) is 0 Å². The number of carbonyl (C=O) groups is 2.